The lowest BCUT2D eigenvalue weighted by molar-refractivity contribution is 0.0606. The third-order valence-corrected chi connectivity index (χ3v) is 7.35. The Labute approximate surface area is 201 Å². The Morgan fingerprint density at radius 3 is 2.88 bits per heavy atom. The number of thiophene rings is 1. The van der Waals surface area contributed by atoms with Crippen molar-refractivity contribution in [3.8, 4) is 0 Å². The van der Waals surface area contributed by atoms with Gasteiger partial charge in [-0.05, 0) is 55.2 Å². The average molecular weight is 475 g/mol. The summed E-state index contributed by atoms with van der Waals surface area (Å²) in [6, 6.07) is 13.4. The Balaban J connectivity index is 1.44. The molecule has 0 saturated carbocycles. The molecule has 0 bridgehead atoms. The van der Waals surface area contributed by atoms with Crippen LogP contribution >= 0.6 is 11.3 Å². The van der Waals surface area contributed by atoms with Crippen LogP contribution in [0.1, 0.15) is 56.6 Å². The summed E-state index contributed by atoms with van der Waals surface area (Å²) in [5.41, 5.74) is 9.17. The molecule has 1 aliphatic heterocycles. The van der Waals surface area contributed by atoms with Crippen LogP contribution in [0.15, 0.2) is 54.9 Å². The second-order valence-corrected chi connectivity index (χ2v) is 9.43. The van der Waals surface area contributed by atoms with E-state index in [1.807, 2.05) is 58.2 Å². The number of piperidine rings is 1. The summed E-state index contributed by atoms with van der Waals surface area (Å²) in [4.78, 5) is 33.7. The van der Waals surface area contributed by atoms with Gasteiger partial charge in [-0.25, -0.2) is 4.98 Å². The van der Waals surface area contributed by atoms with Crippen molar-refractivity contribution in [2.24, 2.45) is 0 Å². The lowest BCUT2D eigenvalue weighted by Gasteiger charge is -2.35. The maximum atomic E-state index is 13.6. The number of hydrogen-bond acceptors (Lipinski definition) is 6. The quantitative estimate of drug-likeness (QED) is 0.457. The van der Waals surface area contributed by atoms with Crippen molar-refractivity contribution >= 4 is 39.1 Å². The minimum absolute atomic E-state index is 0.00524. The highest BCUT2D eigenvalue weighted by Gasteiger charge is 2.30. The second kappa shape index (κ2) is 9.26. The van der Waals surface area contributed by atoms with E-state index in [-0.39, 0.29) is 17.9 Å². The molecule has 2 amide bonds. The number of fused-ring (bicyclic) bond motifs is 1. The van der Waals surface area contributed by atoms with E-state index < -0.39 is 0 Å². The zero-order valence-corrected chi connectivity index (χ0v) is 19.7. The average Bonchev–Trinajstić information content (AvgIpc) is 3.50. The number of carbonyl (C=O) groups is 2. The summed E-state index contributed by atoms with van der Waals surface area (Å²) in [6.45, 7) is 1.30. The number of nitrogens with one attached hydrogen (secondary N) is 1. The maximum Gasteiger partial charge on any atom is 0.263 e. The van der Waals surface area contributed by atoms with E-state index in [1.54, 1.807) is 13.2 Å². The molecular formula is C25H26N6O2S. The van der Waals surface area contributed by atoms with Crippen molar-refractivity contribution in [1.82, 2.24) is 25.0 Å². The number of rotatable bonds is 5. The van der Waals surface area contributed by atoms with E-state index in [2.05, 4.69) is 10.4 Å². The van der Waals surface area contributed by atoms with E-state index in [4.69, 9.17) is 10.7 Å². The van der Waals surface area contributed by atoms with Gasteiger partial charge in [-0.3, -0.25) is 14.3 Å². The van der Waals surface area contributed by atoms with Crippen molar-refractivity contribution in [3.63, 3.8) is 0 Å². The van der Waals surface area contributed by atoms with E-state index >= 15 is 0 Å². The zero-order valence-electron chi connectivity index (χ0n) is 18.9. The van der Waals surface area contributed by atoms with E-state index in [0.717, 1.165) is 35.9 Å². The Morgan fingerprint density at radius 2 is 2.09 bits per heavy atom. The van der Waals surface area contributed by atoms with Gasteiger partial charge in [0.2, 0.25) is 0 Å². The number of nitrogens with two attached hydrogens (primary N) is 1. The first-order valence-electron chi connectivity index (χ1n) is 11.3. The maximum absolute atomic E-state index is 13.6. The van der Waals surface area contributed by atoms with Gasteiger partial charge in [0.15, 0.2) is 0 Å². The molecule has 8 nitrogen and oxygen atoms in total. The predicted octanol–water partition coefficient (Wildman–Crippen LogP) is 3.85. The largest absolute Gasteiger partial charge is 0.397 e. The monoisotopic (exact) mass is 474 g/mol. The van der Waals surface area contributed by atoms with E-state index in [0.29, 0.717) is 34.0 Å². The van der Waals surface area contributed by atoms with Crippen LogP contribution in [0.4, 0.5) is 5.69 Å². The number of carbonyl (C=O) groups excluding carboxylic acids is 2. The molecule has 3 N–H and O–H groups in total. The molecule has 1 aromatic carbocycles. The van der Waals surface area contributed by atoms with Gasteiger partial charge in [0.25, 0.3) is 11.8 Å². The minimum atomic E-state index is -0.216. The summed E-state index contributed by atoms with van der Waals surface area (Å²) in [5.74, 6) is -0.211. The Hall–Kier alpha value is -3.72. The number of pyridine rings is 1. The standard InChI is InChI=1S/C25H26N6O2S/c1-27-23(32)22-21(26)18-9-10-19(29-24(18)34-22)20-8-2-3-13-31(20)25(33)17-7-4-6-16(14-17)15-30-12-5-11-28-30/h4-7,9-12,14,20H,2-3,8,13,15,26H2,1H3,(H,27,32). The van der Waals surface area contributed by atoms with Gasteiger partial charge >= 0.3 is 0 Å². The van der Waals surface area contributed by atoms with Gasteiger partial charge in [0.05, 0.1) is 24.0 Å². The highest BCUT2D eigenvalue weighted by molar-refractivity contribution is 7.21. The number of amides is 2. The number of nitrogens with zero attached hydrogens (tertiary/aromatic N) is 4. The molecule has 4 heterocycles. The third kappa shape index (κ3) is 4.14. The molecule has 3 aromatic heterocycles. The highest BCUT2D eigenvalue weighted by atomic mass is 32.1. The number of nitrogen functional groups attached to an aromatic ring is 1. The molecule has 34 heavy (non-hydrogen) atoms. The van der Waals surface area contributed by atoms with Crippen LogP contribution in [0.3, 0.4) is 0 Å². The Kier molecular flexibility index (Phi) is 6.02. The summed E-state index contributed by atoms with van der Waals surface area (Å²) in [6.07, 6.45) is 6.49. The lowest BCUT2D eigenvalue weighted by Crippen LogP contribution is -2.38. The first-order valence-corrected chi connectivity index (χ1v) is 12.1. The van der Waals surface area contributed by atoms with Crippen LogP contribution in [0, 0.1) is 0 Å². The van der Waals surface area contributed by atoms with Crippen LogP contribution in [0.5, 0.6) is 0 Å². The molecule has 0 aliphatic carbocycles. The lowest BCUT2D eigenvalue weighted by atomic mass is 9.97. The molecule has 5 rings (SSSR count). The van der Waals surface area contributed by atoms with Crippen LogP contribution in [0.2, 0.25) is 0 Å². The Bertz CT molecular complexity index is 1350. The van der Waals surface area contributed by atoms with Crippen molar-refractivity contribution in [1.29, 1.82) is 0 Å². The van der Waals surface area contributed by atoms with Crippen molar-refractivity contribution in [2.75, 3.05) is 19.3 Å². The zero-order chi connectivity index (χ0) is 23.7. The van der Waals surface area contributed by atoms with Crippen molar-refractivity contribution in [2.45, 2.75) is 31.8 Å². The smallest absolute Gasteiger partial charge is 0.263 e. The number of aromatic nitrogens is 3. The SMILES string of the molecule is CNC(=O)c1sc2nc(C3CCCCN3C(=O)c3cccc(Cn4cccn4)c3)ccc2c1N. The van der Waals surface area contributed by atoms with Gasteiger partial charge in [0.1, 0.15) is 9.71 Å². The predicted molar refractivity (Wildman–Crippen MR) is 133 cm³/mol. The first kappa shape index (κ1) is 22.1. The van der Waals surface area contributed by atoms with Gasteiger partial charge in [0, 0.05) is 36.9 Å². The van der Waals surface area contributed by atoms with Crippen LogP contribution in [-0.4, -0.2) is 45.1 Å². The fourth-order valence-corrected chi connectivity index (χ4v) is 5.56. The molecule has 4 aromatic rings. The molecule has 9 heteroatoms. The summed E-state index contributed by atoms with van der Waals surface area (Å²) in [5, 5.41) is 7.65. The first-order chi connectivity index (χ1) is 16.5. The number of likely N-dealkylation sites (tertiary alicyclic amines) is 1. The molecule has 1 unspecified atom stereocenters. The van der Waals surface area contributed by atoms with Gasteiger partial charge in [-0.2, -0.15) is 5.10 Å². The van der Waals surface area contributed by atoms with Gasteiger partial charge in [-0.15, -0.1) is 11.3 Å². The molecule has 1 fully saturated rings. The molecular weight excluding hydrogens is 448 g/mol. The minimum Gasteiger partial charge on any atom is -0.397 e. The second-order valence-electron chi connectivity index (χ2n) is 8.43. The molecule has 174 valence electrons. The van der Waals surface area contributed by atoms with Crippen molar-refractivity contribution < 1.29 is 9.59 Å². The molecule has 0 radical (unpaired) electrons. The highest BCUT2D eigenvalue weighted by Crippen LogP contribution is 2.36. The van der Waals surface area contributed by atoms with Crippen LogP contribution in [0.25, 0.3) is 10.2 Å². The normalized spacial score (nSPS) is 16.0. The Morgan fingerprint density at radius 1 is 1.21 bits per heavy atom. The molecule has 0 spiro atoms. The van der Waals surface area contributed by atoms with Crippen molar-refractivity contribution in [3.05, 3.63) is 76.6 Å². The number of anilines is 1. The van der Waals surface area contributed by atoms with Crippen LogP contribution in [-0.2, 0) is 6.54 Å². The number of benzene rings is 1. The van der Waals surface area contributed by atoms with Gasteiger partial charge < -0.3 is 16.0 Å². The fraction of sp³-hybridized carbons (Fsp3) is 0.280. The molecule has 1 atom stereocenters. The fourth-order valence-electron chi connectivity index (χ4n) is 4.51. The van der Waals surface area contributed by atoms with Crippen LogP contribution < -0.4 is 11.1 Å². The van der Waals surface area contributed by atoms with Gasteiger partial charge in [-0.1, -0.05) is 12.1 Å². The van der Waals surface area contributed by atoms with E-state index in [1.165, 1.54) is 11.3 Å². The third-order valence-electron chi connectivity index (χ3n) is 6.23. The summed E-state index contributed by atoms with van der Waals surface area (Å²) in [7, 11) is 1.58. The molecule has 1 saturated heterocycles. The number of hydrogen-bond donors (Lipinski definition) is 2. The topological polar surface area (TPSA) is 106 Å². The summed E-state index contributed by atoms with van der Waals surface area (Å²) >= 11 is 1.28. The van der Waals surface area contributed by atoms with E-state index in [9.17, 15) is 9.59 Å². The molecule has 1 aliphatic rings. The summed E-state index contributed by atoms with van der Waals surface area (Å²) < 4.78 is 1.84.